The summed E-state index contributed by atoms with van der Waals surface area (Å²) in [5, 5.41) is 5.44. The number of amides is 2. The molecule has 0 saturated carbocycles. The van der Waals surface area contributed by atoms with E-state index in [1.165, 1.54) is 36.0 Å². The SMILES string of the molecule is CC1=CSC(N(C(=O)c2c(Cl)cccc2Cl)C(=O)c2c(Cl)cccc2Cl)N1. The molecular formula is C18H12Cl4N2O2S. The number of allylic oxidation sites excluding steroid dienone is 1. The van der Waals surface area contributed by atoms with Gasteiger partial charge in [0.15, 0.2) is 5.50 Å². The molecule has 1 aliphatic heterocycles. The van der Waals surface area contributed by atoms with Crippen molar-refractivity contribution >= 4 is 70.0 Å². The van der Waals surface area contributed by atoms with Gasteiger partial charge in [0.05, 0.1) is 31.2 Å². The molecule has 1 aliphatic rings. The number of thioether (sulfide) groups is 1. The lowest BCUT2D eigenvalue weighted by molar-refractivity contribution is 0.0589. The summed E-state index contributed by atoms with van der Waals surface area (Å²) in [6.45, 7) is 1.82. The van der Waals surface area contributed by atoms with Gasteiger partial charge in [0.1, 0.15) is 0 Å². The number of halogens is 4. The Morgan fingerprint density at radius 3 is 1.63 bits per heavy atom. The number of nitrogens with one attached hydrogen (secondary N) is 1. The molecule has 3 rings (SSSR count). The normalized spacial score (nSPS) is 15.9. The largest absolute Gasteiger partial charge is 0.359 e. The average Bonchev–Trinajstić information content (AvgIpc) is 3.00. The van der Waals surface area contributed by atoms with Gasteiger partial charge in [-0.2, -0.15) is 0 Å². The standard InChI is InChI=1S/C18H12Cl4N2O2S/c1-9-8-27-18(23-9)24(16(25)14-10(19)4-2-5-11(14)20)17(26)15-12(21)6-3-7-13(15)22/h2-8,18,23H,1H3. The smallest absolute Gasteiger partial charge is 0.266 e. The van der Waals surface area contributed by atoms with Crippen molar-refractivity contribution in [2.75, 3.05) is 0 Å². The predicted octanol–water partition coefficient (Wildman–Crippen LogP) is 6.06. The van der Waals surface area contributed by atoms with Gasteiger partial charge in [0.25, 0.3) is 11.8 Å². The summed E-state index contributed by atoms with van der Waals surface area (Å²) < 4.78 is 0. The summed E-state index contributed by atoms with van der Waals surface area (Å²) in [4.78, 5) is 27.6. The molecule has 4 nitrogen and oxygen atoms in total. The van der Waals surface area contributed by atoms with Gasteiger partial charge < -0.3 is 5.32 Å². The van der Waals surface area contributed by atoms with E-state index in [1.807, 2.05) is 6.92 Å². The van der Waals surface area contributed by atoms with Gasteiger partial charge in [0, 0.05) is 5.70 Å². The second kappa shape index (κ2) is 8.33. The van der Waals surface area contributed by atoms with Crippen molar-refractivity contribution in [3.63, 3.8) is 0 Å². The molecule has 27 heavy (non-hydrogen) atoms. The van der Waals surface area contributed by atoms with Crippen LogP contribution in [0.25, 0.3) is 0 Å². The molecule has 140 valence electrons. The number of hydrogen-bond donors (Lipinski definition) is 1. The van der Waals surface area contributed by atoms with Crippen LogP contribution in [-0.4, -0.2) is 22.2 Å². The minimum atomic E-state index is -0.690. The van der Waals surface area contributed by atoms with E-state index in [4.69, 9.17) is 46.4 Å². The Bertz CT molecular complexity index is 860. The third kappa shape index (κ3) is 4.08. The van der Waals surface area contributed by atoms with Crippen molar-refractivity contribution in [1.82, 2.24) is 10.2 Å². The highest BCUT2D eigenvalue weighted by atomic mass is 35.5. The van der Waals surface area contributed by atoms with Crippen LogP contribution in [0.3, 0.4) is 0 Å². The first-order valence-electron chi connectivity index (χ1n) is 7.66. The maximum atomic E-state index is 13.3. The average molecular weight is 462 g/mol. The van der Waals surface area contributed by atoms with E-state index in [9.17, 15) is 9.59 Å². The Labute approximate surface area is 180 Å². The van der Waals surface area contributed by atoms with Gasteiger partial charge in [-0.3, -0.25) is 9.59 Å². The second-order valence-corrected chi connectivity index (χ2v) is 8.19. The van der Waals surface area contributed by atoms with Gasteiger partial charge in [-0.15, -0.1) is 0 Å². The van der Waals surface area contributed by atoms with Crippen molar-refractivity contribution in [3.8, 4) is 0 Å². The van der Waals surface area contributed by atoms with Crippen LogP contribution in [0.5, 0.6) is 0 Å². The van der Waals surface area contributed by atoms with Crippen LogP contribution in [0, 0.1) is 0 Å². The summed E-state index contributed by atoms with van der Waals surface area (Å²) in [6, 6.07) is 9.36. The zero-order valence-electron chi connectivity index (χ0n) is 13.8. The molecule has 0 aliphatic carbocycles. The van der Waals surface area contributed by atoms with Crippen LogP contribution in [0.4, 0.5) is 0 Å². The summed E-state index contributed by atoms with van der Waals surface area (Å²) in [5.74, 6) is -1.31. The highest BCUT2D eigenvalue weighted by Gasteiger charge is 2.36. The Morgan fingerprint density at radius 2 is 1.30 bits per heavy atom. The zero-order chi connectivity index (χ0) is 19.7. The fourth-order valence-corrected chi connectivity index (χ4v) is 4.59. The summed E-state index contributed by atoms with van der Waals surface area (Å²) in [5.41, 5.74) is 0.185. The van der Waals surface area contributed by atoms with Crippen molar-refractivity contribution in [2.24, 2.45) is 0 Å². The van der Waals surface area contributed by atoms with Crippen molar-refractivity contribution in [3.05, 3.63) is 78.7 Å². The Kier molecular flexibility index (Phi) is 6.28. The number of carbonyl (C=O) groups is 2. The number of imide groups is 1. The lowest BCUT2D eigenvalue weighted by atomic mass is 10.1. The first-order valence-corrected chi connectivity index (χ1v) is 10.1. The van der Waals surface area contributed by atoms with Crippen LogP contribution in [0.2, 0.25) is 20.1 Å². The Balaban J connectivity index is 2.10. The molecule has 0 aromatic heterocycles. The minimum absolute atomic E-state index is 0.0318. The molecule has 1 heterocycles. The quantitative estimate of drug-likeness (QED) is 0.564. The number of benzene rings is 2. The Hall–Kier alpha value is -1.37. The number of nitrogens with zero attached hydrogens (tertiary/aromatic N) is 1. The van der Waals surface area contributed by atoms with E-state index in [2.05, 4.69) is 5.32 Å². The molecule has 2 aromatic rings. The van der Waals surface area contributed by atoms with E-state index >= 15 is 0 Å². The maximum Gasteiger partial charge on any atom is 0.266 e. The number of rotatable bonds is 3. The van der Waals surface area contributed by atoms with Crippen LogP contribution in [0.15, 0.2) is 47.5 Å². The first-order chi connectivity index (χ1) is 12.8. The predicted molar refractivity (Wildman–Crippen MR) is 112 cm³/mol. The fraction of sp³-hybridized carbons (Fsp3) is 0.111. The topological polar surface area (TPSA) is 49.4 Å². The lowest BCUT2D eigenvalue weighted by Gasteiger charge is -2.28. The Morgan fingerprint density at radius 1 is 0.889 bits per heavy atom. The molecule has 9 heteroatoms. The molecule has 0 fully saturated rings. The van der Waals surface area contributed by atoms with E-state index < -0.39 is 17.3 Å². The third-order valence-corrected chi connectivity index (χ3v) is 6.09. The van der Waals surface area contributed by atoms with Gasteiger partial charge in [-0.05, 0) is 36.6 Å². The highest BCUT2D eigenvalue weighted by Crippen LogP contribution is 2.33. The number of hydrogen-bond acceptors (Lipinski definition) is 4. The van der Waals surface area contributed by atoms with Crippen LogP contribution < -0.4 is 5.32 Å². The molecule has 1 atom stereocenters. The molecule has 2 amide bonds. The molecule has 0 radical (unpaired) electrons. The van der Waals surface area contributed by atoms with Gasteiger partial charge in [-0.1, -0.05) is 70.3 Å². The monoisotopic (exact) mass is 460 g/mol. The van der Waals surface area contributed by atoms with Gasteiger partial charge >= 0.3 is 0 Å². The summed E-state index contributed by atoms with van der Waals surface area (Å²) in [7, 11) is 0. The summed E-state index contributed by atoms with van der Waals surface area (Å²) >= 11 is 26.0. The third-order valence-electron chi connectivity index (χ3n) is 3.75. The second-order valence-electron chi connectivity index (χ2n) is 5.61. The zero-order valence-corrected chi connectivity index (χ0v) is 17.6. The lowest BCUT2D eigenvalue weighted by Crippen LogP contribution is -2.48. The van der Waals surface area contributed by atoms with Crippen LogP contribution in [0.1, 0.15) is 27.6 Å². The van der Waals surface area contributed by atoms with Gasteiger partial charge in [0.2, 0.25) is 0 Å². The molecule has 2 aromatic carbocycles. The van der Waals surface area contributed by atoms with E-state index in [-0.39, 0.29) is 31.2 Å². The molecule has 0 bridgehead atoms. The highest BCUT2D eigenvalue weighted by molar-refractivity contribution is 8.02. The van der Waals surface area contributed by atoms with Crippen molar-refractivity contribution < 1.29 is 9.59 Å². The van der Waals surface area contributed by atoms with Crippen molar-refractivity contribution in [1.29, 1.82) is 0 Å². The van der Waals surface area contributed by atoms with Crippen molar-refractivity contribution in [2.45, 2.75) is 12.4 Å². The maximum absolute atomic E-state index is 13.3. The minimum Gasteiger partial charge on any atom is -0.359 e. The molecule has 0 spiro atoms. The van der Waals surface area contributed by atoms with Crippen LogP contribution >= 0.6 is 58.2 Å². The number of carbonyl (C=O) groups excluding carboxylic acids is 2. The van der Waals surface area contributed by atoms with E-state index in [0.717, 1.165) is 10.6 Å². The van der Waals surface area contributed by atoms with E-state index in [0.29, 0.717) is 0 Å². The van der Waals surface area contributed by atoms with Crippen LogP contribution in [-0.2, 0) is 0 Å². The first kappa shape index (κ1) is 20.4. The fourth-order valence-electron chi connectivity index (χ4n) is 2.51. The van der Waals surface area contributed by atoms with E-state index in [1.54, 1.807) is 17.5 Å². The molecule has 1 unspecified atom stereocenters. The molecule has 1 N–H and O–H groups in total. The molecular weight excluding hydrogens is 450 g/mol. The summed E-state index contributed by atoms with van der Waals surface area (Å²) in [6.07, 6.45) is 0. The molecule has 0 saturated heterocycles. The van der Waals surface area contributed by atoms with Gasteiger partial charge in [-0.25, -0.2) is 4.90 Å².